The van der Waals surface area contributed by atoms with Gasteiger partial charge >= 0.3 is 0 Å². The van der Waals surface area contributed by atoms with E-state index in [-0.39, 0.29) is 0 Å². The van der Waals surface area contributed by atoms with Crippen molar-refractivity contribution in [3.63, 3.8) is 0 Å². The number of hydrogen-bond donors (Lipinski definition) is 0. The van der Waals surface area contributed by atoms with Crippen LogP contribution in [0.15, 0.2) is 16.2 Å². The predicted octanol–water partition coefficient (Wildman–Crippen LogP) is 3.06. The molecule has 116 valence electrons. The Morgan fingerprint density at radius 3 is 2.81 bits per heavy atom. The Morgan fingerprint density at radius 2 is 2.14 bits per heavy atom. The summed E-state index contributed by atoms with van der Waals surface area (Å²) in [5, 5.41) is 9.79. The Hall–Kier alpha value is -0.530. The van der Waals surface area contributed by atoms with Crippen molar-refractivity contribution in [2.24, 2.45) is 0 Å². The predicted molar refractivity (Wildman–Crippen MR) is 89.2 cm³/mol. The van der Waals surface area contributed by atoms with Crippen LogP contribution >= 0.6 is 27.7 Å². The first-order valence-electron chi connectivity index (χ1n) is 7.50. The van der Waals surface area contributed by atoms with E-state index in [4.69, 9.17) is 4.74 Å². The highest BCUT2D eigenvalue weighted by molar-refractivity contribution is 9.11. The van der Waals surface area contributed by atoms with Gasteiger partial charge in [-0.15, -0.1) is 10.2 Å². The van der Waals surface area contributed by atoms with Crippen molar-refractivity contribution in [2.45, 2.75) is 43.5 Å². The maximum absolute atomic E-state index is 5.79. The van der Waals surface area contributed by atoms with Gasteiger partial charge in [0.05, 0.1) is 12.6 Å². The second-order valence-electron chi connectivity index (χ2n) is 5.53. The van der Waals surface area contributed by atoms with Crippen LogP contribution in [0, 0.1) is 0 Å². The lowest BCUT2D eigenvalue weighted by atomic mass is 10.2. The van der Waals surface area contributed by atoms with Crippen LogP contribution in [-0.4, -0.2) is 46.3 Å². The molecule has 0 aliphatic carbocycles. The average Bonchev–Trinajstić information content (AvgIpc) is 3.18. The minimum absolute atomic E-state index is 0.300. The topological polar surface area (TPSA) is 43.2 Å². The summed E-state index contributed by atoms with van der Waals surface area (Å²) < 4.78 is 9.01. The van der Waals surface area contributed by atoms with Gasteiger partial charge in [-0.05, 0) is 30.2 Å². The quantitative estimate of drug-likeness (QED) is 0.717. The van der Waals surface area contributed by atoms with Crippen molar-refractivity contribution < 1.29 is 4.74 Å². The first-order chi connectivity index (χ1) is 10.2. The molecule has 0 aromatic carbocycles. The third-order valence-electron chi connectivity index (χ3n) is 3.85. The monoisotopic (exact) mass is 372 g/mol. The van der Waals surface area contributed by atoms with Crippen molar-refractivity contribution >= 4 is 33.6 Å². The van der Waals surface area contributed by atoms with Crippen LogP contribution in [0.1, 0.15) is 25.7 Å². The molecule has 0 bridgehead atoms. The second kappa shape index (κ2) is 7.15. The number of thioether (sulfide) groups is 1. The van der Waals surface area contributed by atoms with E-state index in [0.29, 0.717) is 6.10 Å². The number of hydrogen-bond acceptors (Lipinski definition) is 5. The van der Waals surface area contributed by atoms with Crippen molar-refractivity contribution in [2.75, 3.05) is 30.3 Å². The summed E-state index contributed by atoms with van der Waals surface area (Å²) in [4.78, 5) is 2.34. The molecule has 3 heterocycles. The van der Waals surface area contributed by atoms with Gasteiger partial charge < -0.3 is 9.64 Å². The largest absolute Gasteiger partial charge is 0.376 e. The minimum Gasteiger partial charge on any atom is -0.376 e. The zero-order valence-corrected chi connectivity index (χ0v) is 14.5. The van der Waals surface area contributed by atoms with E-state index < -0.39 is 0 Å². The van der Waals surface area contributed by atoms with E-state index >= 15 is 0 Å². The molecule has 0 N–H and O–H groups in total. The summed E-state index contributed by atoms with van der Waals surface area (Å²) in [6.45, 7) is 7.79. The first-order valence-corrected chi connectivity index (χ1v) is 9.28. The lowest BCUT2D eigenvalue weighted by Crippen LogP contribution is -2.25. The molecule has 5 nitrogen and oxygen atoms in total. The van der Waals surface area contributed by atoms with Gasteiger partial charge in [0.25, 0.3) is 0 Å². The smallest absolute Gasteiger partial charge is 0.228 e. The van der Waals surface area contributed by atoms with Gasteiger partial charge in [-0.2, -0.15) is 0 Å². The molecule has 1 atom stereocenters. The van der Waals surface area contributed by atoms with Crippen molar-refractivity contribution in [1.82, 2.24) is 14.8 Å². The second-order valence-corrected chi connectivity index (χ2v) is 7.59. The molecule has 1 unspecified atom stereocenters. The lowest BCUT2D eigenvalue weighted by molar-refractivity contribution is 0.0952. The van der Waals surface area contributed by atoms with Gasteiger partial charge in [-0.25, -0.2) is 0 Å². The zero-order chi connectivity index (χ0) is 14.7. The maximum Gasteiger partial charge on any atom is 0.228 e. The van der Waals surface area contributed by atoms with Crippen LogP contribution in [0.3, 0.4) is 0 Å². The van der Waals surface area contributed by atoms with Crippen molar-refractivity contribution in [3.05, 3.63) is 11.1 Å². The van der Waals surface area contributed by atoms with Crippen LogP contribution in [0.25, 0.3) is 0 Å². The molecule has 2 fully saturated rings. The summed E-state index contributed by atoms with van der Waals surface area (Å²) >= 11 is 5.09. The summed E-state index contributed by atoms with van der Waals surface area (Å²) in [7, 11) is 0. The molecule has 0 amide bonds. The van der Waals surface area contributed by atoms with E-state index in [1.807, 2.05) is 0 Å². The fourth-order valence-electron chi connectivity index (χ4n) is 2.83. The molecule has 1 aromatic heterocycles. The van der Waals surface area contributed by atoms with Crippen LogP contribution in [0.4, 0.5) is 5.95 Å². The van der Waals surface area contributed by atoms with Gasteiger partial charge in [0, 0.05) is 25.4 Å². The normalized spacial score (nSPS) is 22.1. The molecule has 2 aliphatic heterocycles. The lowest BCUT2D eigenvalue weighted by Gasteiger charge is -2.20. The van der Waals surface area contributed by atoms with E-state index in [0.717, 1.165) is 60.4 Å². The number of ether oxygens (including phenoxy) is 1. The zero-order valence-electron chi connectivity index (χ0n) is 12.1. The van der Waals surface area contributed by atoms with E-state index in [1.165, 1.54) is 12.8 Å². The van der Waals surface area contributed by atoms with Crippen LogP contribution in [-0.2, 0) is 11.3 Å². The summed E-state index contributed by atoms with van der Waals surface area (Å²) in [6.07, 6.45) is 5.08. The molecule has 3 rings (SSSR count). The number of aromatic nitrogens is 3. The highest BCUT2D eigenvalue weighted by Crippen LogP contribution is 2.28. The fraction of sp³-hybridized carbons (Fsp3) is 0.714. The Labute approximate surface area is 138 Å². The molecule has 21 heavy (non-hydrogen) atoms. The Kier molecular flexibility index (Phi) is 5.24. The van der Waals surface area contributed by atoms with Crippen LogP contribution in [0.5, 0.6) is 0 Å². The van der Waals surface area contributed by atoms with Gasteiger partial charge in [0.1, 0.15) is 0 Å². The first kappa shape index (κ1) is 15.4. The van der Waals surface area contributed by atoms with Gasteiger partial charge in [0.15, 0.2) is 5.16 Å². The number of anilines is 1. The van der Waals surface area contributed by atoms with E-state index in [9.17, 15) is 0 Å². The van der Waals surface area contributed by atoms with Crippen LogP contribution in [0.2, 0.25) is 0 Å². The third-order valence-corrected chi connectivity index (χ3v) is 5.56. The van der Waals surface area contributed by atoms with Crippen LogP contribution < -0.4 is 4.90 Å². The standard InChI is InChI=1S/C14H21BrN4OS/c1-11(15)10-21-14-17-16-13(18-6-2-3-7-18)19(14)9-12-5-4-8-20-12/h12H,1-10H2. The molecular weight excluding hydrogens is 352 g/mol. The molecule has 7 heteroatoms. The Morgan fingerprint density at radius 1 is 1.33 bits per heavy atom. The third kappa shape index (κ3) is 3.81. The molecule has 0 saturated carbocycles. The molecule has 2 saturated heterocycles. The van der Waals surface area contributed by atoms with Gasteiger partial charge in [-0.1, -0.05) is 34.3 Å². The summed E-state index contributed by atoms with van der Waals surface area (Å²) in [6, 6.07) is 0. The van der Waals surface area contributed by atoms with Crippen molar-refractivity contribution in [3.8, 4) is 0 Å². The molecule has 1 aromatic rings. The van der Waals surface area contributed by atoms with E-state index in [2.05, 4.69) is 42.2 Å². The average molecular weight is 373 g/mol. The number of halogens is 1. The van der Waals surface area contributed by atoms with Gasteiger partial charge in [-0.3, -0.25) is 4.57 Å². The fourth-order valence-corrected chi connectivity index (χ4v) is 3.87. The van der Waals surface area contributed by atoms with E-state index in [1.54, 1.807) is 11.8 Å². The summed E-state index contributed by atoms with van der Waals surface area (Å²) in [5.41, 5.74) is 0. The number of nitrogens with zero attached hydrogens (tertiary/aromatic N) is 4. The molecule has 0 radical (unpaired) electrons. The molecule has 0 spiro atoms. The minimum atomic E-state index is 0.300. The highest BCUT2D eigenvalue weighted by Gasteiger charge is 2.25. The Bertz CT molecular complexity index is 495. The Balaban J connectivity index is 1.79. The number of rotatable bonds is 6. The van der Waals surface area contributed by atoms with Gasteiger partial charge in [0.2, 0.25) is 5.95 Å². The maximum atomic E-state index is 5.79. The summed E-state index contributed by atoms with van der Waals surface area (Å²) in [5.74, 6) is 1.81. The molecule has 2 aliphatic rings. The SMILES string of the molecule is C=C(Br)CSc1nnc(N2CCCC2)n1CC1CCCO1. The molecular formula is C14H21BrN4OS. The van der Waals surface area contributed by atoms with Crippen molar-refractivity contribution in [1.29, 1.82) is 0 Å². The highest BCUT2D eigenvalue weighted by atomic mass is 79.9.